The molecule has 4 N–H and O–H groups in total. The van der Waals surface area contributed by atoms with E-state index in [-0.39, 0.29) is 21.1 Å². The summed E-state index contributed by atoms with van der Waals surface area (Å²) in [5, 5.41) is -1.50. The van der Waals surface area contributed by atoms with Gasteiger partial charge in [-0.15, -0.1) is 0 Å². The Morgan fingerprint density at radius 2 is 1.18 bits per heavy atom. The van der Waals surface area contributed by atoms with Gasteiger partial charge in [-0.1, -0.05) is 0 Å². The van der Waals surface area contributed by atoms with Gasteiger partial charge in [0, 0.05) is 0 Å². The van der Waals surface area contributed by atoms with E-state index in [1.807, 2.05) is 0 Å². The smallest absolute Gasteiger partial charge is 0.0954 e. The first-order valence-electron chi connectivity index (χ1n) is 5.52. The third-order valence-electron chi connectivity index (χ3n) is 1.41. The first-order valence-corrected chi connectivity index (χ1v) is 10.4. The van der Waals surface area contributed by atoms with Crippen molar-refractivity contribution in [2.45, 2.75) is 48.4 Å². The molecule has 100 valence electrons. The molecule has 0 aliphatic heterocycles. The molecule has 0 aromatic heterocycles. The van der Waals surface area contributed by atoms with Crippen LogP contribution in [-0.2, 0) is 25.3 Å². The molecule has 0 aliphatic carbocycles. The quantitative estimate of drug-likeness (QED) is 0.418. The van der Waals surface area contributed by atoms with Crippen molar-refractivity contribution in [3.05, 3.63) is 0 Å². The van der Waals surface area contributed by atoms with Gasteiger partial charge in [-0.3, -0.25) is 0 Å². The molecule has 0 unspecified atom stereocenters. The Kier molecular flexibility index (Phi) is 28.2. The molecule has 0 bridgehead atoms. The van der Waals surface area contributed by atoms with Crippen molar-refractivity contribution in [3.8, 4) is 0 Å². The number of carbonyl (C=O) groups is 2. The minimum absolute atomic E-state index is 0.149. The topological polar surface area (TPSA) is 86.2 Å². The van der Waals surface area contributed by atoms with Crippen LogP contribution in [0, 0.1) is 0 Å². The molecule has 4 nitrogen and oxygen atoms in total. The maximum atomic E-state index is 9.04. The molecule has 7 heteroatoms. The van der Waals surface area contributed by atoms with Gasteiger partial charge in [-0.25, -0.2) is 0 Å². The Labute approximate surface area is 126 Å². The van der Waals surface area contributed by atoms with Crippen molar-refractivity contribution in [1.82, 2.24) is 0 Å². The molecular weight excluding hydrogens is 363 g/mol. The largest absolute Gasteiger partial charge is 0.719 e. The molecule has 0 aromatic carbocycles. The maximum absolute atomic E-state index is 9.04. The van der Waals surface area contributed by atoms with E-state index >= 15 is 0 Å². The minimum Gasteiger partial charge on any atom is -0.719 e. The molecule has 17 heavy (non-hydrogen) atoms. The van der Waals surface area contributed by atoms with E-state index in [4.69, 9.17) is 9.59 Å². The van der Waals surface area contributed by atoms with Gasteiger partial charge in [0.15, 0.2) is 0 Å². The van der Waals surface area contributed by atoms with E-state index in [0.29, 0.717) is 0 Å². The van der Waals surface area contributed by atoms with Crippen molar-refractivity contribution in [3.63, 3.8) is 0 Å². The predicted molar refractivity (Wildman–Crippen MR) is 79.1 cm³/mol. The Morgan fingerprint density at radius 1 is 0.941 bits per heavy atom. The number of carbonyl (C=O) groups excluding carboxylic acids is 2. The molecule has 2 amide bonds. The second-order valence-electron chi connectivity index (χ2n) is 3.10. The van der Waals surface area contributed by atoms with Crippen molar-refractivity contribution < 1.29 is 9.59 Å². The van der Waals surface area contributed by atoms with Crippen LogP contribution in [0.15, 0.2) is 0 Å². The van der Waals surface area contributed by atoms with Crippen molar-refractivity contribution >= 4 is 56.9 Å². The monoisotopic (exact) mass is 386 g/mol. The first-order chi connectivity index (χ1) is 7.88. The Morgan fingerprint density at radius 3 is 1.35 bits per heavy atom. The normalized spacial score (nSPS) is 7.65. The van der Waals surface area contributed by atoms with Gasteiger partial charge in [-0.05, 0) is 0 Å². The van der Waals surface area contributed by atoms with Gasteiger partial charge >= 0.3 is 69.5 Å². The number of unbranched alkanes of at least 4 members (excludes halogenated alkanes) is 2. The number of primary amides is 2. The molecule has 0 saturated heterocycles. The molecule has 0 rings (SSSR count). The molecule has 0 saturated carbocycles. The molecule has 0 heterocycles. The Balaban J connectivity index is -0.000000205. The summed E-state index contributed by atoms with van der Waals surface area (Å²) in [4.78, 5) is 18.1. The SMILES string of the molecule is CCC[CH2][Sn+2][CH2]CCC.NC(=O)[S-].NC(=O)[S-]. The zero-order valence-corrected chi connectivity index (χ0v) is 15.0. The van der Waals surface area contributed by atoms with Crippen LogP contribution in [0.25, 0.3) is 0 Å². The van der Waals surface area contributed by atoms with Crippen molar-refractivity contribution in [1.29, 1.82) is 0 Å². The van der Waals surface area contributed by atoms with Gasteiger partial charge in [0.05, 0.1) is 10.5 Å². The second-order valence-corrected chi connectivity index (χ2v) is 8.18. The fraction of sp³-hybridized carbons (Fsp3) is 0.800. The summed E-state index contributed by atoms with van der Waals surface area (Å²) in [6.45, 7) is 4.58. The molecule has 0 fully saturated rings. The van der Waals surface area contributed by atoms with Crippen LogP contribution in [-0.4, -0.2) is 31.6 Å². The van der Waals surface area contributed by atoms with Crippen LogP contribution >= 0.6 is 0 Å². The van der Waals surface area contributed by atoms with Gasteiger partial charge in [0.2, 0.25) is 0 Å². The van der Waals surface area contributed by atoms with Crippen LogP contribution in [0.1, 0.15) is 39.5 Å². The summed E-state index contributed by atoms with van der Waals surface area (Å²) in [6, 6.07) is 0. The summed E-state index contributed by atoms with van der Waals surface area (Å²) in [5.41, 5.74) is 8.57. The Hall–Kier alpha value is 0.179. The predicted octanol–water partition coefficient (Wildman–Crippen LogP) is 2.35. The zero-order valence-electron chi connectivity index (χ0n) is 10.5. The van der Waals surface area contributed by atoms with Crippen molar-refractivity contribution in [2.24, 2.45) is 11.5 Å². The zero-order chi connectivity index (χ0) is 14.1. The number of hydrogen-bond acceptors (Lipinski definition) is 4. The molecule has 0 atom stereocenters. The van der Waals surface area contributed by atoms with Crippen LogP contribution < -0.4 is 11.5 Å². The van der Waals surface area contributed by atoms with E-state index in [9.17, 15) is 0 Å². The fourth-order valence-electron chi connectivity index (χ4n) is 0.729. The first kappa shape index (κ1) is 22.4. The fourth-order valence-corrected chi connectivity index (χ4v) is 4.89. The number of rotatable bonds is 6. The third-order valence-corrected chi connectivity index (χ3v) is 5.45. The number of amides is 2. The standard InChI is InChI=1S/2C4H9.2CH3NOS.Sn/c2*1-3-4-2;2*2-1(3)4;/h2*1,3-4H2,2H3;2*(H3,2,3,4);/q;;;;+2/p-2. The van der Waals surface area contributed by atoms with Gasteiger partial charge in [-0.2, -0.15) is 0 Å². The summed E-state index contributed by atoms with van der Waals surface area (Å²) < 4.78 is 3.25. The van der Waals surface area contributed by atoms with Gasteiger partial charge < -0.3 is 46.3 Å². The van der Waals surface area contributed by atoms with Gasteiger partial charge in [0.1, 0.15) is 0 Å². The molecule has 0 radical (unpaired) electrons. The molecule has 0 aliphatic rings. The molecule has 0 spiro atoms. The average molecular weight is 385 g/mol. The number of nitrogens with two attached hydrogens (primary N) is 2. The summed E-state index contributed by atoms with van der Waals surface area (Å²) in [7, 11) is 0. The van der Waals surface area contributed by atoms with Gasteiger partial charge in [0.25, 0.3) is 0 Å². The van der Waals surface area contributed by atoms with Crippen LogP contribution in [0.4, 0.5) is 9.59 Å². The van der Waals surface area contributed by atoms with E-state index in [1.54, 1.807) is 8.87 Å². The average Bonchev–Trinajstić information content (AvgIpc) is 2.16. The molecular formula is C10H22N2O2S2Sn. The number of hydrogen-bond donors (Lipinski definition) is 2. The Bertz CT molecular complexity index is 158. The molecule has 0 aromatic rings. The summed E-state index contributed by atoms with van der Waals surface area (Å²) in [5.74, 6) is 0. The van der Waals surface area contributed by atoms with Crippen molar-refractivity contribution in [2.75, 3.05) is 0 Å². The van der Waals surface area contributed by atoms with Crippen LogP contribution in [0.3, 0.4) is 0 Å². The second kappa shape index (κ2) is 21.5. The van der Waals surface area contributed by atoms with E-state index in [2.05, 4.69) is 50.6 Å². The van der Waals surface area contributed by atoms with E-state index in [1.165, 1.54) is 25.7 Å². The minimum atomic E-state index is -0.750. The van der Waals surface area contributed by atoms with Crippen LogP contribution in [0.5, 0.6) is 0 Å². The maximum Gasteiger partial charge on any atom is 0.0954 e. The summed E-state index contributed by atoms with van der Waals surface area (Å²) in [6.07, 6.45) is 5.84. The van der Waals surface area contributed by atoms with E-state index in [0.717, 1.165) is 0 Å². The van der Waals surface area contributed by atoms with E-state index < -0.39 is 10.5 Å². The third kappa shape index (κ3) is 85.2. The van der Waals surface area contributed by atoms with Crippen LogP contribution in [0.2, 0.25) is 8.87 Å². The summed E-state index contributed by atoms with van der Waals surface area (Å²) >= 11 is 7.67.